The zero-order valence-electron chi connectivity index (χ0n) is 28.6. The molecule has 0 unspecified atom stereocenters. The van der Waals surface area contributed by atoms with Gasteiger partial charge in [-0.3, -0.25) is 13.9 Å². The first-order valence-corrected chi connectivity index (χ1v) is 18.5. The van der Waals surface area contributed by atoms with Gasteiger partial charge in [0.2, 0.25) is 11.8 Å². The average Bonchev–Trinajstić information content (AvgIpc) is 3.11. The maximum atomic E-state index is 14.8. The molecule has 0 bridgehead atoms. The predicted molar refractivity (Wildman–Crippen MR) is 199 cm³/mol. The van der Waals surface area contributed by atoms with Crippen LogP contribution in [0.3, 0.4) is 0 Å². The van der Waals surface area contributed by atoms with Gasteiger partial charge in [0.15, 0.2) is 11.5 Å². The van der Waals surface area contributed by atoms with Crippen molar-refractivity contribution in [2.75, 3.05) is 32.2 Å². The van der Waals surface area contributed by atoms with E-state index in [0.717, 1.165) is 19.9 Å². The van der Waals surface area contributed by atoms with Crippen LogP contribution < -0.4 is 23.8 Å². The number of hydrogen-bond acceptors (Lipinski definition) is 7. The molecule has 50 heavy (non-hydrogen) atoms. The molecule has 13 heteroatoms. The number of carbonyl (C=O) groups excluding carboxylic acids is 2. The number of rotatable bonds is 16. The molecule has 0 fully saturated rings. The zero-order valence-corrected chi connectivity index (χ0v) is 31.7. The van der Waals surface area contributed by atoms with Gasteiger partial charge in [-0.2, -0.15) is 0 Å². The summed E-state index contributed by atoms with van der Waals surface area (Å²) in [6, 6.07) is 24.2. The fraction of sp³-hybridized carbons (Fsp3) is 0.297. The van der Waals surface area contributed by atoms with Crippen LogP contribution in [-0.2, 0) is 32.6 Å². The second-order valence-electron chi connectivity index (χ2n) is 11.5. The van der Waals surface area contributed by atoms with Crippen molar-refractivity contribution < 1.29 is 32.2 Å². The molecule has 4 aromatic carbocycles. The van der Waals surface area contributed by atoms with Crippen molar-refractivity contribution in [3.05, 3.63) is 112 Å². The Balaban J connectivity index is 1.89. The van der Waals surface area contributed by atoms with Gasteiger partial charge in [0.05, 0.1) is 31.9 Å². The van der Waals surface area contributed by atoms with Gasteiger partial charge in [-0.05, 0) is 66.9 Å². The van der Waals surface area contributed by atoms with E-state index >= 15 is 0 Å². The molecule has 266 valence electrons. The van der Waals surface area contributed by atoms with E-state index in [4.69, 9.17) is 25.8 Å². The van der Waals surface area contributed by atoms with Gasteiger partial charge in [-0.1, -0.05) is 76.9 Å². The van der Waals surface area contributed by atoms with Gasteiger partial charge in [0.1, 0.15) is 18.3 Å². The molecule has 0 aliphatic heterocycles. The second-order valence-corrected chi connectivity index (χ2v) is 14.7. The first kappa shape index (κ1) is 38.5. The van der Waals surface area contributed by atoms with Crippen LogP contribution in [0.1, 0.15) is 31.4 Å². The van der Waals surface area contributed by atoms with Gasteiger partial charge in [-0.15, -0.1) is 0 Å². The molecule has 0 aliphatic carbocycles. The lowest BCUT2D eigenvalue weighted by molar-refractivity contribution is -0.140. The number of halogens is 2. The van der Waals surface area contributed by atoms with E-state index in [2.05, 4.69) is 21.2 Å². The monoisotopic (exact) mass is 785 g/mol. The van der Waals surface area contributed by atoms with E-state index in [-0.39, 0.29) is 52.0 Å². The van der Waals surface area contributed by atoms with Crippen LogP contribution in [0.25, 0.3) is 0 Å². The first-order chi connectivity index (χ1) is 23.9. The topological polar surface area (TPSA) is 114 Å². The van der Waals surface area contributed by atoms with Gasteiger partial charge in [0.25, 0.3) is 10.0 Å². The van der Waals surface area contributed by atoms with Crippen molar-refractivity contribution in [3.63, 3.8) is 0 Å². The minimum atomic E-state index is -4.49. The lowest BCUT2D eigenvalue weighted by Gasteiger charge is -2.34. The number of anilines is 1. The molecule has 0 spiro atoms. The molecule has 0 aliphatic rings. The van der Waals surface area contributed by atoms with Gasteiger partial charge >= 0.3 is 0 Å². The van der Waals surface area contributed by atoms with E-state index in [0.29, 0.717) is 12.2 Å². The molecule has 0 saturated heterocycles. The van der Waals surface area contributed by atoms with Gasteiger partial charge in [0, 0.05) is 34.6 Å². The van der Waals surface area contributed by atoms with E-state index in [1.165, 1.54) is 56.6 Å². The Morgan fingerprint density at radius 3 is 2.14 bits per heavy atom. The number of nitrogens with zero attached hydrogens (tertiary/aromatic N) is 2. The molecule has 2 amide bonds. The Hall–Kier alpha value is -4.26. The smallest absolute Gasteiger partial charge is 0.265 e. The molecule has 4 rings (SSSR count). The summed E-state index contributed by atoms with van der Waals surface area (Å²) in [7, 11) is -0.263. The summed E-state index contributed by atoms with van der Waals surface area (Å²) in [4.78, 5) is 30.1. The predicted octanol–water partition coefficient (Wildman–Crippen LogP) is 6.88. The fourth-order valence-electron chi connectivity index (χ4n) is 5.30. The van der Waals surface area contributed by atoms with Crippen LogP contribution in [0.5, 0.6) is 17.2 Å². The Morgan fingerprint density at radius 2 is 1.50 bits per heavy atom. The lowest BCUT2D eigenvalue weighted by Crippen LogP contribution is -2.54. The molecule has 4 aromatic rings. The van der Waals surface area contributed by atoms with Crippen molar-refractivity contribution in [2.24, 2.45) is 0 Å². The third kappa shape index (κ3) is 9.49. The Bertz CT molecular complexity index is 1900. The third-order valence-corrected chi connectivity index (χ3v) is 10.6. The van der Waals surface area contributed by atoms with E-state index < -0.39 is 28.5 Å². The zero-order chi connectivity index (χ0) is 36.4. The van der Waals surface area contributed by atoms with E-state index in [9.17, 15) is 18.0 Å². The molecule has 0 aromatic heterocycles. The van der Waals surface area contributed by atoms with Crippen molar-refractivity contribution >= 4 is 55.1 Å². The maximum absolute atomic E-state index is 14.8. The number of amides is 2. The molecule has 0 radical (unpaired) electrons. The quantitative estimate of drug-likeness (QED) is 0.132. The largest absolute Gasteiger partial charge is 0.495 e. The Morgan fingerprint density at radius 1 is 0.840 bits per heavy atom. The Labute approximate surface area is 307 Å². The van der Waals surface area contributed by atoms with Crippen LogP contribution in [0, 0.1) is 0 Å². The summed E-state index contributed by atoms with van der Waals surface area (Å²) < 4.78 is 47.2. The number of sulfonamides is 1. The molecule has 10 nitrogen and oxygen atoms in total. The summed E-state index contributed by atoms with van der Waals surface area (Å²) in [5.74, 6) is -0.317. The molecule has 2 atom stereocenters. The van der Waals surface area contributed by atoms with Crippen LogP contribution in [0.4, 0.5) is 5.69 Å². The number of hydrogen-bond donors (Lipinski definition) is 1. The average molecular weight is 787 g/mol. The number of nitrogens with one attached hydrogen (secondary N) is 1. The third-order valence-electron chi connectivity index (χ3n) is 8.15. The van der Waals surface area contributed by atoms with Crippen molar-refractivity contribution in [3.8, 4) is 17.2 Å². The standard InChI is InChI=1S/C37H41BrClN3O7S/c1-6-25(2)40-37(44)32(20-26-11-8-7-9-12-26)41(23-27-13-10-14-28(38)19-27)36(43)24-42(31-21-29(39)15-17-33(31)47-3)50(45,46)30-16-18-34(48-4)35(22-30)49-5/h7-19,21-22,25,32H,6,20,23-24H2,1-5H3,(H,40,44)/t25-,32-/m1/s1. The maximum Gasteiger partial charge on any atom is 0.265 e. The first-order valence-electron chi connectivity index (χ1n) is 15.9. The number of carbonyl (C=O) groups is 2. The van der Waals surface area contributed by atoms with Crippen LogP contribution >= 0.6 is 27.5 Å². The molecule has 0 saturated carbocycles. The fourth-order valence-corrected chi connectivity index (χ4v) is 7.35. The van der Waals surface area contributed by atoms with Gasteiger partial charge in [-0.25, -0.2) is 8.42 Å². The minimum Gasteiger partial charge on any atom is -0.495 e. The normalized spacial score (nSPS) is 12.4. The van der Waals surface area contributed by atoms with Crippen molar-refractivity contribution in [2.45, 2.75) is 50.2 Å². The van der Waals surface area contributed by atoms with Crippen LogP contribution in [0.2, 0.25) is 5.02 Å². The molecular formula is C37H41BrClN3O7S. The van der Waals surface area contributed by atoms with Crippen LogP contribution in [-0.4, -0.2) is 65.1 Å². The summed E-state index contributed by atoms with van der Waals surface area (Å²) in [5.41, 5.74) is 1.60. The van der Waals surface area contributed by atoms with Gasteiger partial charge < -0.3 is 24.4 Å². The number of methoxy groups -OCH3 is 3. The lowest BCUT2D eigenvalue weighted by atomic mass is 10.0. The highest BCUT2D eigenvalue weighted by Gasteiger charge is 2.36. The number of benzene rings is 4. The number of ether oxygens (including phenoxy) is 3. The summed E-state index contributed by atoms with van der Waals surface area (Å²) in [5, 5.41) is 3.26. The van der Waals surface area contributed by atoms with Crippen molar-refractivity contribution in [1.82, 2.24) is 10.2 Å². The highest BCUT2D eigenvalue weighted by Crippen LogP contribution is 2.37. The molecule has 0 heterocycles. The SMILES string of the molecule is CC[C@@H](C)NC(=O)[C@@H](Cc1ccccc1)N(Cc1cccc(Br)c1)C(=O)CN(c1cc(Cl)ccc1OC)S(=O)(=O)c1ccc(OC)c(OC)c1. The molecular weight excluding hydrogens is 746 g/mol. The summed E-state index contributed by atoms with van der Waals surface area (Å²) in [6.07, 6.45) is 0.862. The van der Waals surface area contributed by atoms with E-state index in [1.54, 1.807) is 6.07 Å². The van der Waals surface area contributed by atoms with Crippen LogP contribution in [0.15, 0.2) is 100 Å². The highest BCUT2D eigenvalue weighted by molar-refractivity contribution is 9.10. The van der Waals surface area contributed by atoms with Crippen molar-refractivity contribution in [1.29, 1.82) is 0 Å². The second kappa shape index (κ2) is 17.6. The Kier molecular flexibility index (Phi) is 13.6. The highest BCUT2D eigenvalue weighted by atomic mass is 79.9. The molecule has 1 N–H and O–H groups in total. The summed E-state index contributed by atoms with van der Waals surface area (Å²) in [6.45, 7) is 3.17. The minimum absolute atomic E-state index is 0.0145. The summed E-state index contributed by atoms with van der Waals surface area (Å²) >= 11 is 9.90. The van der Waals surface area contributed by atoms with E-state index in [1.807, 2.05) is 68.4 Å².